The number of carbonyl (C=O) groups excluding carboxylic acids is 2. The van der Waals surface area contributed by atoms with E-state index in [1.54, 1.807) is 0 Å². The van der Waals surface area contributed by atoms with Crippen molar-refractivity contribution in [1.82, 2.24) is 30.4 Å². The van der Waals surface area contributed by atoms with Crippen molar-refractivity contribution < 1.29 is 14.3 Å². The summed E-state index contributed by atoms with van der Waals surface area (Å²) in [5.41, 5.74) is 1.58. The van der Waals surface area contributed by atoms with E-state index in [1.807, 2.05) is 18.7 Å². The van der Waals surface area contributed by atoms with Gasteiger partial charge in [-0.3, -0.25) is 24.4 Å². The van der Waals surface area contributed by atoms with E-state index < -0.39 is 0 Å². The minimum atomic E-state index is -0.339. The van der Waals surface area contributed by atoms with Gasteiger partial charge in [0.15, 0.2) is 5.52 Å². The molecule has 3 N–H and O–H groups in total. The molecule has 0 bridgehead atoms. The number of nitrogens with zero attached hydrogens (tertiary/aromatic N) is 3. The Morgan fingerprint density at radius 3 is 2.73 bits per heavy atom. The third-order valence-corrected chi connectivity index (χ3v) is 6.96. The zero-order valence-electron chi connectivity index (χ0n) is 19.6. The highest BCUT2D eigenvalue weighted by Gasteiger charge is 2.34. The lowest BCUT2D eigenvalue weighted by atomic mass is 9.82. The second-order valence-electron chi connectivity index (χ2n) is 9.58. The minimum absolute atomic E-state index is 0.0142. The number of hydrogen-bond donors (Lipinski definition) is 3. The maximum Gasteiger partial charge on any atom is 0.323 e. The number of amides is 1. The first-order valence-corrected chi connectivity index (χ1v) is 12.0. The average molecular weight is 459 g/mol. The number of fused-ring (bicyclic) bond motifs is 1. The Kier molecular flexibility index (Phi) is 7.11. The van der Waals surface area contributed by atoms with Crippen molar-refractivity contribution in [3.63, 3.8) is 0 Å². The van der Waals surface area contributed by atoms with Crippen molar-refractivity contribution in [2.75, 3.05) is 20.2 Å². The van der Waals surface area contributed by atoms with Crippen LogP contribution in [-0.2, 0) is 20.7 Å². The summed E-state index contributed by atoms with van der Waals surface area (Å²) in [7, 11) is 1.38. The van der Waals surface area contributed by atoms with Crippen LogP contribution in [0.15, 0.2) is 4.79 Å². The molecule has 3 heterocycles. The monoisotopic (exact) mass is 458 g/mol. The normalized spacial score (nSPS) is 23.8. The van der Waals surface area contributed by atoms with Crippen LogP contribution in [0, 0.1) is 5.92 Å². The number of likely N-dealkylation sites (tertiary alicyclic amines) is 1. The zero-order valence-corrected chi connectivity index (χ0v) is 19.6. The summed E-state index contributed by atoms with van der Waals surface area (Å²) in [6, 6.07) is -0.325. The first-order chi connectivity index (χ1) is 15.9. The Hall–Kier alpha value is -2.75. The van der Waals surface area contributed by atoms with Gasteiger partial charge in [0.05, 0.1) is 19.3 Å². The number of H-pyrrole nitrogens is 2. The van der Waals surface area contributed by atoms with Crippen LogP contribution in [0.25, 0.3) is 11.0 Å². The molecule has 180 valence electrons. The van der Waals surface area contributed by atoms with Crippen LogP contribution in [0.1, 0.15) is 69.8 Å². The van der Waals surface area contributed by atoms with E-state index >= 15 is 0 Å². The highest BCUT2D eigenvalue weighted by atomic mass is 16.5. The first-order valence-electron chi connectivity index (χ1n) is 12.0. The number of rotatable bonds is 7. The molecule has 3 unspecified atom stereocenters. The van der Waals surface area contributed by atoms with Gasteiger partial charge >= 0.3 is 5.97 Å². The Morgan fingerprint density at radius 2 is 1.97 bits per heavy atom. The Labute approximate surface area is 192 Å². The summed E-state index contributed by atoms with van der Waals surface area (Å²) in [6.07, 6.45) is 6.19. The van der Waals surface area contributed by atoms with Gasteiger partial charge in [0.2, 0.25) is 5.91 Å². The van der Waals surface area contributed by atoms with Gasteiger partial charge in [-0.15, -0.1) is 0 Å². The molecule has 33 heavy (non-hydrogen) atoms. The molecular formula is C23H34N6O4. The average Bonchev–Trinajstić information content (AvgIpc) is 3.42. The molecule has 2 aromatic heterocycles. The summed E-state index contributed by atoms with van der Waals surface area (Å²) in [5.74, 6) is 0.649. The third kappa shape index (κ3) is 5.10. The van der Waals surface area contributed by atoms with Gasteiger partial charge in [-0.2, -0.15) is 5.10 Å². The summed E-state index contributed by atoms with van der Waals surface area (Å²) < 4.78 is 4.88. The third-order valence-electron chi connectivity index (χ3n) is 6.96. The van der Waals surface area contributed by atoms with Gasteiger partial charge in [0.1, 0.15) is 17.4 Å². The van der Waals surface area contributed by atoms with Gasteiger partial charge in [0.25, 0.3) is 5.56 Å². The Morgan fingerprint density at radius 1 is 1.18 bits per heavy atom. The number of aromatic amines is 2. The van der Waals surface area contributed by atoms with Crippen LogP contribution in [-0.4, -0.2) is 69.2 Å². The molecule has 10 heteroatoms. The maximum atomic E-state index is 12.8. The number of ether oxygens (including phenoxy) is 1. The summed E-state index contributed by atoms with van der Waals surface area (Å²) in [6.45, 7) is 4.98. The highest BCUT2D eigenvalue weighted by Crippen LogP contribution is 2.28. The molecule has 1 aliphatic carbocycles. The predicted molar refractivity (Wildman–Crippen MR) is 123 cm³/mol. The molecule has 2 fully saturated rings. The van der Waals surface area contributed by atoms with Crippen molar-refractivity contribution >= 4 is 22.9 Å². The van der Waals surface area contributed by atoms with Crippen molar-refractivity contribution in [3.05, 3.63) is 21.9 Å². The van der Waals surface area contributed by atoms with Gasteiger partial charge < -0.3 is 15.0 Å². The van der Waals surface area contributed by atoms with Crippen LogP contribution >= 0.6 is 0 Å². The summed E-state index contributed by atoms with van der Waals surface area (Å²) >= 11 is 0. The van der Waals surface area contributed by atoms with Crippen molar-refractivity contribution in [1.29, 1.82) is 0 Å². The Bertz CT molecular complexity index is 1060. The molecule has 1 saturated carbocycles. The fraction of sp³-hybridized carbons (Fsp3) is 0.696. The predicted octanol–water partition coefficient (Wildman–Crippen LogP) is 1.62. The second-order valence-corrected chi connectivity index (χ2v) is 9.58. The lowest BCUT2D eigenvalue weighted by molar-refractivity contribution is -0.146. The first kappa shape index (κ1) is 23.4. The molecular weight excluding hydrogens is 424 g/mol. The van der Waals surface area contributed by atoms with E-state index in [-0.39, 0.29) is 47.9 Å². The van der Waals surface area contributed by atoms with Crippen LogP contribution in [0.5, 0.6) is 0 Å². The molecule has 0 radical (unpaired) electrons. The molecule has 1 amide bonds. The molecule has 0 spiro atoms. The topological polar surface area (TPSA) is 133 Å². The van der Waals surface area contributed by atoms with Crippen LogP contribution in [0.4, 0.5) is 0 Å². The molecule has 1 saturated heterocycles. The highest BCUT2D eigenvalue weighted by molar-refractivity contribution is 5.81. The van der Waals surface area contributed by atoms with Gasteiger partial charge in [-0.1, -0.05) is 26.7 Å². The van der Waals surface area contributed by atoms with Crippen LogP contribution in [0.2, 0.25) is 0 Å². The lowest BCUT2D eigenvalue weighted by Crippen LogP contribution is -2.49. The molecule has 2 aromatic rings. The Balaban J connectivity index is 1.44. The van der Waals surface area contributed by atoms with E-state index in [4.69, 9.17) is 9.72 Å². The molecule has 3 atom stereocenters. The SMILES string of the molecule is COC(=O)C1CCCN1CC(=O)NC1CCCCC1Cc1nc2c(C(C)C)[nH]nc2c(=O)[nH]1. The summed E-state index contributed by atoms with van der Waals surface area (Å²) in [5, 5.41) is 10.3. The summed E-state index contributed by atoms with van der Waals surface area (Å²) in [4.78, 5) is 46.9. The van der Waals surface area contributed by atoms with E-state index in [0.29, 0.717) is 23.3 Å². The maximum absolute atomic E-state index is 12.8. The standard InChI is InChI=1S/C23H34N6O4/c1-13(2)19-20-21(28-27-19)22(31)26-17(25-20)11-14-7-4-5-8-15(14)24-18(30)12-29-10-6-9-16(29)23(32)33-3/h13-16H,4-12H2,1-3H3,(H,24,30)(H,27,28)(H,25,26,31). The second kappa shape index (κ2) is 10.0. The van der Waals surface area contributed by atoms with Crippen molar-refractivity contribution in [2.45, 2.75) is 76.8 Å². The quantitative estimate of drug-likeness (QED) is 0.537. The molecule has 2 aliphatic rings. The van der Waals surface area contributed by atoms with Crippen LogP contribution in [0.3, 0.4) is 0 Å². The van der Waals surface area contributed by atoms with E-state index in [1.165, 1.54) is 7.11 Å². The minimum Gasteiger partial charge on any atom is -0.468 e. The number of hydrogen-bond acceptors (Lipinski definition) is 7. The largest absolute Gasteiger partial charge is 0.468 e. The van der Waals surface area contributed by atoms with E-state index in [9.17, 15) is 14.4 Å². The number of aromatic nitrogens is 4. The lowest BCUT2D eigenvalue weighted by Gasteiger charge is -2.33. The van der Waals surface area contributed by atoms with Crippen molar-refractivity contribution in [2.24, 2.45) is 5.92 Å². The molecule has 1 aliphatic heterocycles. The van der Waals surface area contributed by atoms with Gasteiger partial charge in [0, 0.05) is 12.5 Å². The van der Waals surface area contributed by atoms with Gasteiger partial charge in [-0.05, 0) is 44.1 Å². The number of carbonyl (C=O) groups is 2. The molecule has 10 nitrogen and oxygen atoms in total. The smallest absolute Gasteiger partial charge is 0.323 e. The van der Waals surface area contributed by atoms with Crippen molar-refractivity contribution in [3.8, 4) is 0 Å². The zero-order chi connectivity index (χ0) is 23.5. The molecule has 4 rings (SSSR count). The molecule has 0 aromatic carbocycles. The number of esters is 1. The fourth-order valence-electron chi connectivity index (χ4n) is 5.22. The number of nitrogens with one attached hydrogen (secondary N) is 3. The van der Waals surface area contributed by atoms with Gasteiger partial charge in [-0.25, -0.2) is 4.98 Å². The number of methoxy groups -OCH3 is 1. The van der Waals surface area contributed by atoms with E-state index in [0.717, 1.165) is 50.8 Å². The van der Waals surface area contributed by atoms with E-state index in [2.05, 4.69) is 20.5 Å². The van der Waals surface area contributed by atoms with Crippen LogP contribution < -0.4 is 10.9 Å². The fourth-order valence-corrected chi connectivity index (χ4v) is 5.22.